The van der Waals surface area contributed by atoms with Gasteiger partial charge >= 0.3 is 0 Å². The zero-order valence-electron chi connectivity index (χ0n) is 11.7. The van der Waals surface area contributed by atoms with Gasteiger partial charge in [0.25, 0.3) is 0 Å². The number of benzene rings is 1. The molecule has 4 heteroatoms. The summed E-state index contributed by atoms with van der Waals surface area (Å²) in [6.45, 7) is 5.07. The van der Waals surface area contributed by atoms with Crippen LogP contribution in [0.1, 0.15) is 29.8 Å². The van der Waals surface area contributed by atoms with Crippen molar-refractivity contribution in [2.24, 2.45) is 0 Å². The highest BCUT2D eigenvalue weighted by molar-refractivity contribution is 9.10. The smallest absolute Gasteiger partial charge is 0.0449 e. The molecule has 0 aliphatic carbocycles. The van der Waals surface area contributed by atoms with E-state index in [1.54, 1.807) is 0 Å². The van der Waals surface area contributed by atoms with Gasteiger partial charge in [0, 0.05) is 27.4 Å². The minimum absolute atomic E-state index is 0.229. The Morgan fingerprint density at radius 2 is 2.15 bits per heavy atom. The first kappa shape index (κ1) is 15.5. The molecule has 0 aliphatic heterocycles. The Bertz CT molecular complexity index is 586. The number of aromatic nitrogens is 1. The number of nitrogens with zero attached hydrogens (tertiary/aromatic N) is 1. The number of likely N-dealkylation sites (N-methyl/N-ethyl adjacent to an activating group) is 1. The molecule has 1 aromatic heterocycles. The highest BCUT2D eigenvalue weighted by Gasteiger charge is 2.15. The topological polar surface area (TPSA) is 24.9 Å². The Balaban J connectivity index is 2.28. The van der Waals surface area contributed by atoms with E-state index in [9.17, 15) is 0 Å². The van der Waals surface area contributed by atoms with Crippen molar-refractivity contribution in [3.63, 3.8) is 0 Å². The molecule has 1 N–H and O–H groups in total. The molecule has 1 heterocycles. The van der Waals surface area contributed by atoms with Gasteiger partial charge in [-0.25, -0.2) is 0 Å². The molecule has 2 aromatic rings. The van der Waals surface area contributed by atoms with Gasteiger partial charge in [0.15, 0.2) is 0 Å². The standard InChI is InChI=1S/C16H18BrClN2/c1-3-19-16(14-5-4-8-20-11(14)2)9-12-6-7-13(17)10-15(12)18/h4-8,10,16,19H,3,9H2,1-2H3. The van der Waals surface area contributed by atoms with Crippen LogP contribution in [-0.2, 0) is 6.42 Å². The summed E-state index contributed by atoms with van der Waals surface area (Å²) in [6.07, 6.45) is 2.68. The Morgan fingerprint density at radius 1 is 1.35 bits per heavy atom. The minimum atomic E-state index is 0.229. The summed E-state index contributed by atoms with van der Waals surface area (Å²) < 4.78 is 1.00. The van der Waals surface area contributed by atoms with Crippen molar-refractivity contribution in [2.75, 3.05) is 6.54 Å². The van der Waals surface area contributed by atoms with Crippen LogP contribution in [0.25, 0.3) is 0 Å². The van der Waals surface area contributed by atoms with Crippen molar-refractivity contribution in [3.05, 3.63) is 62.8 Å². The average molecular weight is 354 g/mol. The molecule has 1 unspecified atom stereocenters. The van der Waals surface area contributed by atoms with Gasteiger partial charge in [0.05, 0.1) is 0 Å². The molecular formula is C16H18BrClN2. The molecule has 0 saturated heterocycles. The van der Waals surface area contributed by atoms with Crippen LogP contribution >= 0.6 is 27.5 Å². The maximum absolute atomic E-state index is 6.33. The van der Waals surface area contributed by atoms with Crippen molar-refractivity contribution < 1.29 is 0 Å². The predicted octanol–water partition coefficient (Wildman–Crippen LogP) is 4.70. The molecule has 0 aliphatic rings. The highest BCUT2D eigenvalue weighted by Crippen LogP contribution is 2.27. The van der Waals surface area contributed by atoms with Crippen LogP contribution in [0.5, 0.6) is 0 Å². The third-order valence-electron chi connectivity index (χ3n) is 3.31. The Morgan fingerprint density at radius 3 is 2.80 bits per heavy atom. The van der Waals surface area contributed by atoms with E-state index in [2.05, 4.69) is 45.3 Å². The largest absolute Gasteiger partial charge is 0.310 e. The predicted molar refractivity (Wildman–Crippen MR) is 88.2 cm³/mol. The van der Waals surface area contributed by atoms with E-state index in [1.165, 1.54) is 5.56 Å². The van der Waals surface area contributed by atoms with Gasteiger partial charge < -0.3 is 5.32 Å². The second kappa shape index (κ2) is 7.21. The van der Waals surface area contributed by atoms with Crippen LogP contribution < -0.4 is 5.32 Å². The van der Waals surface area contributed by atoms with Crippen molar-refractivity contribution in [2.45, 2.75) is 26.3 Å². The van der Waals surface area contributed by atoms with Gasteiger partial charge in [-0.2, -0.15) is 0 Å². The Kier molecular flexibility index (Phi) is 5.58. The lowest BCUT2D eigenvalue weighted by molar-refractivity contribution is 0.545. The maximum atomic E-state index is 6.33. The van der Waals surface area contributed by atoms with Crippen molar-refractivity contribution in [1.82, 2.24) is 10.3 Å². The number of halogens is 2. The molecule has 0 fully saturated rings. The molecule has 0 bridgehead atoms. The summed E-state index contributed by atoms with van der Waals surface area (Å²) in [4.78, 5) is 4.38. The lowest BCUT2D eigenvalue weighted by atomic mass is 9.98. The van der Waals surface area contributed by atoms with E-state index in [4.69, 9.17) is 11.6 Å². The average Bonchev–Trinajstić information content (AvgIpc) is 2.42. The number of aryl methyl sites for hydroxylation is 1. The van der Waals surface area contributed by atoms with E-state index in [1.807, 2.05) is 31.3 Å². The van der Waals surface area contributed by atoms with Gasteiger partial charge in [-0.05, 0) is 49.2 Å². The van der Waals surface area contributed by atoms with Crippen LogP contribution in [0.15, 0.2) is 41.0 Å². The van der Waals surface area contributed by atoms with Crippen molar-refractivity contribution >= 4 is 27.5 Å². The molecule has 2 nitrogen and oxygen atoms in total. The van der Waals surface area contributed by atoms with Crippen molar-refractivity contribution in [3.8, 4) is 0 Å². The summed E-state index contributed by atoms with van der Waals surface area (Å²) in [5.41, 5.74) is 3.43. The first-order valence-electron chi connectivity index (χ1n) is 6.70. The first-order valence-corrected chi connectivity index (χ1v) is 7.87. The first-order chi connectivity index (χ1) is 9.61. The zero-order valence-corrected chi connectivity index (χ0v) is 14.0. The Hall–Kier alpha value is -0.900. The second-order valence-corrected chi connectivity index (χ2v) is 6.05. The normalized spacial score (nSPS) is 12.4. The molecular weight excluding hydrogens is 336 g/mol. The zero-order chi connectivity index (χ0) is 14.5. The number of pyridine rings is 1. The lowest BCUT2D eigenvalue weighted by Crippen LogP contribution is -2.24. The maximum Gasteiger partial charge on any atom is 0.0449 e. The second-order valence-electron chi connectivity index (χ2n) is 4.73. The molecule has 106 valence electrons. The third kappa shape index (κ3) is 3.81. The summed E-state index contributed by atoms with van der Waals surface area (Å²) in [5.74, 6) is 0. The lowest BCUT2D eigenvalue weighted by Gasteiger charge is -2.20. The van der Waals surface area contributed by atoms with Gasteiger partial charge in [-0.1, -0.05) is 46.6 Å². The fourth-order valence-corrected chi connectivity index (χ4v) is 3.06. The number of hydrogen-bond donors (Lipinski definition) is 1. The van der Waals surface area contributed by atoms with Gasteiger partial charge in [0.2, 0.25) is 0 Å². The van der Waals surface area contributed by atoms with Crippen LogP contribution in [0.3, 0.4) is 0 Å². The summed E-state index contributed by atoms with van der Waals surface area (Å²) in [5, 5.41) is 4.31. The van der Waals surface area contributed by atoms with Crippen LogP contribution in [0.2, 0.25) is 5.02 Å². The van der Waals surface area contributed by atoms with Gasteiger partial charge in [0.1, 0.15) is 0 Å². The van der Waals surface area contributed by atoms with Gasteiger partial charge in [-0.3, -0.25) is 4.98 Å². The fraction of sp³-hybridized carbons (Fsp3) is 0.312. The molecule has 20 heavy (non-hydrogen) atoms. The highest BCUT2D eigenvalue weighted by atomic mass is 79.9. The van der Waals surface area contributed by atoms with E-state index in [0.717, 1.165) is 33.7 Å². The number of rotatable bonds is 5. The van der Waals surface area contributed by atoms with E-state index in [-0.39, 0.29) is 6.04 Å². The SMILES string of the molecule is CCNC(Cc1ccc(Br)cc1Cl)c1cccnc1C. The van der Waals surface area contributed by atoms with Crippen LogP contribution in [-0.4, -0.2) is 11.5 Å². The minimum Gasteiger partial charge on any atom is -0.310 e. The van der Waals surface area contributed by atoms with Crippen LogP contribution in [0.4, 0.5) is 0 Å². The molecule has 0 radical (unpaired) electrons. The molecule has 1 atom stereocenters. The third-order valence-corrected chi connectivity index (χ3v) is 4.16. The summed E-state index contributed by atoms with van der Waals surface area (Å²) in [6, 6.07) is 10.4. The Labute approximate surface area is 133 Å². The van der Waals surface area contributed by atoms with Crippen molar-refractivity contribution in [1.29, 1.82) is 0 Å². The molecule has 2 rings (SSSR count). The monoisotopic (exact) mass is 352 g/mol. The van der Waals surface area contributed by atoms with E-state index in [0.29, 0.717) is 0 Å². The number of nitrogens with one attached hydrogen (secondary N) is 1. The molecule has 0 saturated carbocycles. The quantitative estimate of drug-likeness (QED) is 0.843. The van der Waals surface area contributed by atoms with Crippen LogP contribution in [0, 0.1) is 6.92 Å². The van der Waals surface area contributed by atoms with E-state index >= 15 is 0 Å². The van der Waals surface area contributed by atoms with E-state index < -0.39 is 0 Å². The number of hydrogen-bond acceptors (Lipinski definition) is 2. The molecule has 0 amide bonds. The molecule has 0 spiro atoms. The molecule has 1 aromatic carbocycles. The fourth-order valence-electron chi connectivity index (χ4n) is 2.31. The van der Waals surface area contributed by atoms with Gasteiger partial charge in [-0.15, -0.1) is 0 Å². The summed E-state index contributed by atoms with van der Waals surface area (Å²) in [7, 11) is 0. The summed E-state index contributed by atoms with van der Waals surface area (Å²) >= 11 is 9.77.